The van der Waals surface area contributed by atoms with Crippen molar-refractivity contribution in [3.63, 3.8) is 0 Å². The third kappa shape index (κ3) is 3.77. The number of nitrogens with one attached hydrogen (secondary N) is 2. The van der Waals surface area contributed by atoms with E-state index in [4.69, 9.17) is 0 Å². The van der Waals surface area contributed by atoms with E-state index in [9.17, 15) is 4.79 Å². The Hall–Kier alpha value is -3.19. The molecule has 0 radical (unpaired) electrons. The first-order chi connectivity index (χ1) is 15.5. The van der Waals surface area contributed by atoms with Gasteiger partial charge in [-0.25, -0.2) is 9.50 Å². The van der Waals surface area contributed by atoms with Crippen LogP contribution >= 0.6 is 0 Å². The lowest BCUT2D eigenvalue weighted by molar-refractivity contribution is -0.122. The summed E-state index contributed by atoms with van der Waals surface area (Å²) in [5.74, 6) is 0.992. The molecule has 166 valence electrons. The molecule has 1 aliphatic rings. The standard InChI is InChI=1S/C25H30N6O/c1-16(2)24-20-12-18(17-7-10-30(11-8-17)15-23(32)26-3)4-5-21(20)29-25(24)19-13-27-22-6-9-28-31(22)14-19/h4-6,9,12-14,16-17,29H,7-8,10-11,15H2,1-3H3,(H,26,32). The maximum Gasteiger partial charge on any atom is 0.233 e. The second kappa shape index (κ2) is 8.39. The fourth-order valence-electron chi connectivity index (χ4n) is 4.96. The Morgan fingerprint density at radius 1 is 1.25 bits per heavy atom. The molecule has 7 nitrogen and oxygen atoms in total. The van der Waals surface area contributed by atoms with Crippen molar-refractivity contribution in [1.29, 1.82) is 0 Å². The minimum absolute atomic E-state index is 0.0917. The minimum Gasteiger partial charge on any atom is -0.358 e. The topological polar surface area (TPSA) is 78.3 Å². The summed E-state index contributed by atoms with van der Waals surface area (Å²) in [6.45, 7) is 6.91. The molecular formula is C25H30N6O. The first-order valence-corrected chi connectivity index (χ1v) is 11.4. The lowest BCUT2D eigenvalue weighted by Gasteiger charge is -2.31. The number of benzene rings is 1. The second-order valence-electron chi connectivity index (χ2n) is 9.07. The molecule has 0 bridgehead atoms. The van der Waals surface area contributed by atoms with E-state index in [-0.39, 0.29) is 5.91 Å². The Kier molecular flexibility index (Phi) is 5.43. The number of piperidine rings is 1. The molecule has 4 heterocycles. The highest BCUT2D eigenvalue weighted by Crippen LogP contribution is 2.38. The highest BCUT2D eigenvalue weighted by molar-refractivity contribution is 5.91. The van der Waals surface area contributed by atoms with Crippen LogP contribution in [0.3, 0.4) is 0 Å². The van der Waals surface area contributed by atoms with Crippen molar-refractivity contribution in [2.75, 3.05) is 26.7 Å². The smallest absolute Gasteiger partial charge is 0.233 e. The van der Waals surface area contributed by atoms with Gasteiger partial charge in [0.15, 0.2) is 5.65 Å². The van der Waals surface area contributed by atoms with Crippen molar-refractivity contribution >= 4 is 22.5 Å². The van der Waals surface area contributed by atoms with Gasteiger partial charge >= 0.3 is 0 Å². The summed E-state index contributed by atoms with van der Waals surface area (Å²) >= 11 is 0. The fourth-order valence-corrected chi connectivity index (χ4v) is 4.96. The summed E-state index contributed by atoms with van der Waals surface area (Å²) in [7, 11) is 1.70. The zero-order valence-corrected chi connectivity index (χ0v) is 18.9. The van der Waals surface area contributed by atoms with E-state index in [1.54, 1.807) is 13.2 Å². The van der Waals surface area contributed by atoms with E-state index in [2.05, 4.69) is 57.3 Å². The van der Waals surface area contributed by atoms with Gasteiger partial charge in [-0.2, -0.15) is 5.10 Å². The third-order valence-corrected chi connectivity index (χ3v) is 6.68. The van der Waals surface area contributed by atoms with E-state index in [1.165, 1.54) is 16.5 Å². The lowest BCUT2D eigenvalue weighted by Crippen LogP contribution is -2.40. The molecule has 0 spiro atoms. The molecule has 0 saturated carbocycles. The predicted octanol–water partition coefficient (Wildman–Crippen LogP) is 3.93. The van der Waals surface area contributed by atoms with Crippen LogP contribution in [0, 0.1) is 0 Å². The first-order valence-electron chi connectivity index (χ1n) is 11.4. The van der Waals surface area contributed by atoms with Crippen LogP contribution in [-0.4, -0.2) is 57.1 Å². The monoisotopic (exact) mass is 430 g/mol. The molecule has 1 amide bonds. The van der Waals surface area contributed by atoms with Gasteiger partial charge in [0.25, 0.3) is 0 Å². The zero-order valence-electron chi connectivity index (χ0n) is 18.9. The average molecular weight is 431 g/mol. The number of likely N-dealkylation sites (tertiary alicyclic amines) is 1. The molecule has 3 aromatic heterocycles. The number of nitrogens with zero attached hydrogens (tertiary/aromatic N) is 4. The summed E-state index contributed by atoms with van der Waals surface area (Å²) in [5, 5.41) is 8.36. The van der Waals surface area contributed by atoms with E-state index < -0.39 is 0 Å². The number of H-pyrrole nitrogens is 1. The van der Waals surface area contributed by atoms with Crippen molar-refractivity contribution in [3.8, 4) is 11.3 Å². The number of aromatic nitrogens is 4. The number of rotatable bonds is 5. The number of carbonyl (C=O) groups excluding carboxylic acids is 1. The second-order valence-corrected chi connectivity index (χ2v) is 9.07. The number of hydrogen-bond donors (Lipinski definition) is 2. The number of fused-ring (bicyclic) bond motifs is 2. The van der Waals surface area contributed by atoms with Crippen LogP contribution in [0.1, 0.15) is 49.7 Å². The molecule has 0 unspecified atom stereocenters. The SMILES string of the molecule is CNC(=O)CN1CCC(c2ccc3[nH]c(-c4cnc5ccnn5c4)c(C(C)C)c3c2)CC1. The maximum atomic E-state index is 11.7. The third-order valence-electron chi connectivity index (χ3n) is 6.68. The van der Waals surface area contributed by atoms with Crippen LogP contribution in [0.2, 0.25) is 0 Å². The summed E-state index contributed by atoms with van der Waals surface area (Å²) in [5.41, 5.74) is 6.89. The number of hydrogen-bond acceptors (Lipinski definition) is 4. The maximum absolute atomic E-state index is 11.7. The van der Waals surface area contributed by atoms with Crippen LogP contribution in [0.4, 0.5) is 0 Å². The Balaban J connectivity index is 1.46. The van der Waals surface area contributed by atoms with E-state index in [0.717, 1.165) is 48.4 Å². The van der Waals surface area contributed by atoms with Crippen molar-refractivity contribution in [2.24, 2.45) is 0 Å². The van der Waals surface area contributed by atoms with Crippen LogP contribution in [0.25, 0.3) is 27.8 Å². The largest absolute Gasteiger partial charge is 0.358 e. The first kappa shape index (κ1) is 20.7. The average Bonchev–Trinajstić information content (AvgIpc) is 3.42. The molecule has 0 atom stereocenters. The van der Waals surface area contributed by atoms with Crippen LogP contribution in [0.15, 0.2) is 42.9 Å². The summed E-state index contributed by atoms with van der Waals surface area (Å²) in [6, 6.07) is 8.77. The summed E-state index contributed by atoms with van der Waals surface area (Å²) in [4.78, 5) is 22.1. The van der Waals surface area contributed by atoms with Crippen molar-refractivity contribution in [3.05, 3.63) is 54.0 Å². The molecule has 1 aromatic carbocycles. The summed E-state index contributed by atoms with van der Waals surface area (Å²) in [6.07, 6.45) is 7.90. The van der Waals surface area contributed by atoms with Gasteiger partial charge < -0.3 is 10.3 Å². The molecule has 7 heteroatoms. The Labute approximate surface area is 187 Å². The molecule has 1 saturated heterocycles. The highest BCUT2D eigenvalue weighted by atomic mass is 16.1. The van der Waals surface area contributed by atoms with E-state index in [1.807, 2.05) is 23.0 Å². The Morgan fingerprint density at radius 3 is 2.81 bits per heavy atom. The Bertz CT molecular complexity index is 1260. The van der Waals surface area contributed by atoms with E-state index in [0.29, 0.717) is 18.4 Å². The molecule has 2 N–H and O–H groups in total. The number of aromatic amines is 1. The van der Waals surface area contributed by atoms with Gasteiger partial charge in [-0.3, -0.25) is 9.69 Å². The van der Waals surface area contributed by atoms with Gasteiger partial charge in [0.05, 0.1) is 18.4 Å². The highest BCUT2D eigenvalue weighted by Gasteiger charge is 2.23. The number of carbonyl (C=O) groups is 1. The minimum atomic E-state index is 0.0917. The van der Waals surface area contributed by atoms with Gasteiger partial charge in [-0.1, -0.05) is 19.9 Å². The molecule has 0 aliphatic carbocycles. The fraction of sp³-hybridized carbons (Fsp3) is 0.400. The normalized spacial score (nSPS) is 15.8. The van der Waals surface area contributed by atoms with E-state index >= 15 is 0 Å². The van der Waals surface area contributed by atoms with Crippen molar-refractivity contribution in [2.45, 2.75) is 38.5 Å². The summed E-state index contributed by atoms with van der Waals surface area (Å²) < 4.78 is 1.82. The molecule has 1 fully saturated rings. The van der Waals surface area contributed by atoms with Crippen LogP contribution in [0.5, 0.6) is 0 Å². The van der Waals surface area contributed by atoms with Crippen molar-refractivity contribution in [1.82, 2.24) is 29.8 Å². The van der Waals surface area contributed by atoms with Gasteiger partial charge in [0.1, 0.15) is 0 Å². The van der Waals surface area contributed by atoms with Gasteiger partial charge in [0, 0.05) is 42.0 Å². The molecule has 4 aromatic rings. The van der Waals surface area contributed by atoms with Gasteiger partial charge in [-0.05, 0) is 61.0 Å². The Morgan fingerprint density at radius 2 is 2.06 bits per heavy atom. The van der Waals surface area contributed by atoms with Crippen molar-refractivity contribution < 1.29 is 4.79 Å². The zero-order chi connectivity index (χ0) is 22.2. The number of likely N-dealkylation sites (N-methyl/N-ethyl adjacent to an activating group) is 1. The predicted molar refractivity (Wildman–Crippen MR) is 127 cm³/mol. The lowest BCUT2D eigenvalue weighted by atomic mass is 9.87. The quantitative estimate of drug-likeness (QED) is 0.503. The molecule has 5 rings (SSSR count). The van der Waals surface area contributed by atoms with Gasteiger partial charge in [0.2, 0.25) is 5.91 Å². The van der Waals surface area contributed by atoms with Crippen LogP contribution in [-0.2, 0) is 4.79 Å². The number of amides is 1. The molecular weight excluding hydrogens is 400 g/mol. The molecule has 32 heavy (non-hydrogen) atoms. The molecule has 1 aliphatic heterocycles. The van der Waals surface area contributed by atoms with Gasteiger partial charge in [-0.15, -0.1) is 0 Å². The van der Waals surface area contributed by atoms with Crippen LogP contribution < -0.4 is 5.32 Å².